The van der Waals surface area contributed by atoms with Crippen molar-refractivity contribution in [3.8, 4) is 5.75 Å². The van der Waals surface area contributed by atoms with E-state index in [-0.39, 0.29) is 5.91 Å². The lowest BCUT2D eigenvalue weighted by Gasteiger charge is -2.07. The van der Waals surface area contributed by atoms with E-state index in [9.17, 15) is 4.79 Å². The third kappa shape index (κ3) is 6.51. The van der Waals surface area contributed by atoms with Crippen molar-refractivity contribution in [2.75, 3.05) is 11.9 Å². The molecule has 0 atom stereocenters. The lowest BCUT2D eigenvalue weighted by Crippen LogP contribution is -2.11. The molecule has 0 radical (unpaired) electrons. The van der Waals surface area contributed by atoms with Crippen LogP contribution >= 0.6 is 0 Å². The van der Waals surface area contributed by atoms with Gasteiger partial charge in [-0.3, -0.25) is 9.78 Å². The first-order chi connectivity index (χ1) is 11.1. The minimum atomic E-state index is 0.0511. The van der Waals surface area contributed by atoms with Crippen LogP contribution in [0.25, 0.3) is 0 Å². The molecule has 1 aromatic carbocycles. The minimum absolute atomic E-state index is 0.0511. The van der Waals surface area contributed by atoms with Crippen LogP contribution in [0.2, 0.25) is 0 Å². The van der Waals surface area contributed by atoms with Crippen LogP contribution in [0.15, 0.2) is 42.6 Å². The van der Waals surface area contributed by atoms with Crippen LogP contribution in [0.4, 0.5) is 5.69 Å². The summed E-state index contributed by atoms with van der Waals surface area (Å²) in [5, 5.41) is 2.90. The molecule has 1 N–H and O–H groups in total. The van der Waals surface area contributed by atoms with E-state index in [1.54, 1.807) is 12.3 Å². The number of carbonyl (C=O) groups excluding carboxylic acids is 1. The van der Waals surface area contributed by atoms with Crippen molar-refractivity contribution in [2.45, 2.75) is 39.5 Å². The van der Waals surface area contributed by atoms with Gasteiger partial charge in [0.25, 0.3) is 0 Å². The predicted molar refractivity (Wildman–Crippen MR) is 92.7 cm³/mol. The zero-order chi connectivity index (χ0) is 16.5. The van der Waals surface area contributed by atoms with Crippen molar-refractivity contribution in [2.24, 2.45) is 0 Å². The van der Waals surface area contributed by atoms with Gasteiger partial charge in [-0.15, -0.1) is 0 Å². The van der Waals surface area contributed by atoms with E-state index < -0.39 is 0 Å². The van der Waals surface area contributed by atoms with Gasteiger partial charge in [0.1, 0.15) is 5.75 Å². The van der Waals surface area contributed by atoms with E-state index >= 15 is 0 Å². The summed E-state index contributed by atoms with van der Waals surface area (Å²) in [6, 6.07) is 11.7. The van der Waals surface area contributed by atoms with E-state index in [4.69, 9.17) is 4.74 Å². The number of aryl methyl sites for hydroxylation is 2. The maximum Gasteiger partial charge on any atom is 0.224 e. The number of aromatic nitrogens is 1. The Hall–Kier alpha value is -2.36. The molecule has 4 nitrogen and oxygen atoms in total. The number of benzene rings is 1. The molecule has 0 aliphatic carbocycles. The van der Waals surface area contributed by atoms with Crippen molar-refractivity contribution < 1.29 is 9.53 Å². The normalized spacial score (nSPS) is 10.3. The van der Waals surface area contributed by atoms with Crippen molar-refractivity contribution in [3.05, 3.63) is 53.9 Å². The zero-order valence-electron chi connectivity index (χ0n) is 13.8. The summed E-state index contributed by atoms with van der Waals surface area (Å²) in [5.41, 5.74) is 2.91. The second-order valence-corrected chi connectivity index (χ2v) is 5.71. The van der Waals surface area contributed by atoms with E-state index in [2.05, 4.69) is 23.3 Å². The molecule has 0 unspecified atom stereocenters. The highest BCUT2D eigenvalue weighted by molar-refractivity contribution is 5.90. The van der Waals surface area contributed by atoms with Crippen LogP contribution < -0.4 is 10.1 Å². The van der Waals surface area contributed by atoms with Gasteiger partial charge in [-0.25, -0.2) is 0 Å². The molecule has 4 heteroatoms. The van der Waals surface area contributed by atoms with Crippen LogP contribution in [0.1, 0.15) is 36.9 Å². The SMILES string of the molecule is Cc1cccc(OCCCCCC(=O)Nc2ccnc(C)c2)c1. The number of anilines is 1. The molecule has 0 saturated carbocycles. The molecule has 2 aromatic rings. The molecule has 23 heavy (non-hydrogen) atoms. The first kappa shape index (κ1) is 17.0. The molecule has 0 spiro atoms. The summed E-state index contributed by atoms with van der Waals surface area (Å²) < 4.78 is 5.70. The highest BCUT2D eigenvalue weighted by Gasteiger charge is 2.03. The first-order valence-electron chi connectivity index (χ1n) is 8.05. The Morgan fingerprint density at radius 1 is 1.13 bits per heavy atom. The van der Waals surface area contributed by atoms with Crippen LogP contribution in [-0.4, -0.2) is 17.5 Å². The molecule has 1 heterocycles. The number of rotatable bonds is 8. The molecule has 0 bridgehead atoms. The Morgan fingerprint density at radius 3 is 2.78 bits per heavy atom. The van der Waals surface area contributed by atoms with Gasteiger partial charge >= 0.3 is 0 Å². The van der Waals surface area contributed by atoms with Gasteiger partial charge in [0.15, 0.2) is 0 Å². The lowest BCUT2D eigenvalue weighted by atomic mass is 10.2. The molecule has 122 valence electrons. The van der Waals surface area contributed by atoms with Gasteiger partial charge in [-0.2, -0.15) is 0 Å². The lowest BCUT2D eigenvalue weighted by molar-refractivity contribution is -0.116. The highest BCUT2D eigenvalue weighted by atomic mass is 16.5. The second-order valence-electron chi connectivity index (χ2n) is 5.71. The van der Waals surface area contributed by atoms with Crippen molar-refractivity contribution in [1.82, 2.24) is 4.98 Å². The average molecular weight is 312 g/mol. The number of nitrogens with one attached hydrogen (secondary N) is 1. The third-order valence-electron chi connectivity index (χ3n) is 3.49. The number of hydrogen-bond acceptors (Lipinski definition) is 3. The van der Waals surface area contributed by atoms with Crippen LogP contribution in [-0.2, 0) is 4.79 Å². The summed E-state index contributed by atoms with van der Waals surface area (Å²) in [5.74, 6) is 0.964. The Bertz CT molecular complexity index is 641. The molecule has 0 aliphatic rings. The van der Waals surface area contributed by atoms with Gasteiger partial charge in [-0.05, 0) is 62.9 Å². The molecular formula is C19H24N2O2. The summed E-state index contributed by atoms with van der Waals surface area (Å²) in [4.78, 5) is 16.0. The molecule has 1 aromatic heterocycles. The quantitative estimate of drug-likeness (QED) is 0.740. The van der Waals surface area contributed by atoms with Crippen molar-refractivity contribution in [1.29, 1.82) is 0 Å². The Morgan fingerprint density at radius 2 is 2.00 bits per heavy atom. The first-order valence-corrected chi connectivity index (χ1v) is 8.05. The van der Waals surface area contributed by atoms with Crippen LogP contribution in [0.3, 0.4) is 0 Å². The van der Waals surface area contributed by atoms with Gasteiger partial charge in [0.2, 0.25) is 5.91 Å². The van der Waals surface area contributed by atoms with Crippen molar-refractivity contribution in [3.63, 3.8) is 0 Å². The molecule has 0 fully saturated rings. The summed E-state index contributed by atoms with van der Waals surface area (Å²) in [6.45, 7) is 4.65. The highest BCUT2D eigenvalue weighted by Crippen LogP contribution is 2.13. The van der Waals surface area contributed by atoms with Crippen LogP contribution in [0.5, 0.6) is 5.75 Å². The summed E-state index contributed by atoms with van der Waals surface area (Å²) in [6.07, 6.45) is 5.04. The average Bonchev–Trinajstić information content (AvgIpc) is 2.51. The van der Waals surface area contributed by atoms with Crippen LogP contribution in [0, 0.1) is 13.8 Å². The van der Waals surface area contributed by atoms with Gasteiger partial charge in [0.05, 0.1) is 6.61 Å². The standard InChI is InChI=1S/C19H24N2O2/c1-15-7-6-8-18(13-15)23-12-5-3-4-9-19(22)21-17-10-11-20-16(2)14-17/h6-8,10-11,13-14H,3-5,9,12H2,1-2H3,(H,20,21,22). The topological polar surface area (TPSA) is 51.2 Å². The molecule has 0 saturated heterocycles. The number of hydrogen-bond donors (Lipinski definition) is 1. The molecule has 2 rings (SSSR count). The monoisotopic (exact) mass is 312 g/mol. The van der Waals surface area contributed by atoms with Gasteiger partial charge < -0.3 is 10.1 Å². The number of amides is 1. The van der Waals surface area contributed by atoms with E-state index in [0.29, 0.717) is 13.0 Å². The maximum absolute atomic E-state index is 11.9. The molecule has 1 amide bonds. The van der Waals surface area contributed by atoms with Gasteiger partial charge in [0, 0.05) is 24.0 Å². The number of carbonyl (C=O) groups is 1. The fourth-order valence-electron chi connectivity index (χ4n) is 2.31. The molecule has 0 aliphatic heterocycles. The number of unbranched alkanes of at least 4 members (excludes halogenated alkanes) is 2. The minimum Gasteiger partial charge on any atom is -0.494 e. The largest absolute Gasteiger partial charge is 0.494 e. The Balaban J connectivity index is 1.57. The summed E-state index contributed by atoms with van der Waals surface area (Å²) >= 11 is 0. The summed E-state index contributed by atoms with van der Waals surface area (Å²) in [7, 11) is 0. The maximum atomic E-state index is 11.9. The second kappa shape index (κ2) is 8.93. The smallest absolute Gasteiger partial charge is 0.224 e. The fourth-order valence-corrected chi connectivity index (χ4v) is 2.31. The Labute approximate surface area is 137 Å². The zero-order valence-corrected chi connectivity index (χ0v) is 13.8. The number of nitrogens with zero attached hydrogens (tertiary/aromatic N) is 1. The fraction of sp³-hybridized carbons (Fsp3) is 0.368. The van der Waals surface area contributed by atoms with E-state index in [1.807, 2.05) is 31.2 Å². The van der Waals surface area contributed by atoms with E-state index in [1.165, 1.54) is 5.56 Å². The van der Waals surface area contributed by atoms with Gasteiger partial charge in [-0.1, -0.05) is 12.1 Å². The van der Waals surface area contributed by atoms with E-state index in [0.717, 1.165) is 36.4 Å². The Kier molecular flexibility index (Phi) is 6.60. The third-order valence-corrected chi connectivity index (χ3v) is 3.49. The number of ether oxygens (including phenoxy) is 1. The van der Waals surface area contributed by atoms with Crippen molar-refractivity contribution >= 4 is 11.6 Å². The predicted octanol–water partition coefficient (Wildman–Crippen LogP) is 4.28. The molecular weight excluding hydrogens is 288 g/mol. The number of pyridine rings is 1.